The molecule has 0 amide bonds. The molecule has 5 nitrogen and oxygen atoms in total. The van der Waals surface area contributed by atoms with Crippen LogP contribution in [-0.2, 0) is 4.79 Å². The zero-order valence-corrected chi connectivity index (χ0v) is 7.27. The Hall–Kier alpha value is -0.360. The molecule has 0 aromatic heterocycles. The fraction of sp³-hybridized carbons (Fsp3) is 0.750. The van der Waals surface area contributed by atoms with Crippen LogP contribution in [0.4, 0.5) is 0 Å². The van der Waals surface area contributed by atoms with Crippen molar-refractivity contribution in [2.45, 2.75) is 6.92 Å². The number of carbonyl (C=O) groups excluding carboxylic acids is 1. The molecule has 0 saturated carbocycles. The lowest BCUT2D eigenvalue weighted by Crippen LogP contribution is -2.23. The van der Waals surface area contributed by atoms with Gasteiger partial charge in [0.2, 0.25) is 0 Å². The first-order chi connectivity index (χ1) is 3.68. The number of carboxylic acid groups (broad SMARTS) is 1. The van der Waals surface area contributed by atoms with Gasteiger partial charge in [-0.25, -0.2) is 0 Å². The topological polar surface area (TPSA) is 136 Å². The molecule has 0 aliphatic carbocycles. The van der Waals surface area contributed by atoms with E-state index in [1.807, 2.05) is 0 Å². The number of quaternary nitrogens is 2. The Morgan fingerprint density at radius 1 is 1.50 bits per heavy atom. The van der Waals surface area contributed by atoms with Gasteiger partial charge in [0.1, 0.15) is 0 Å². The second-order valence-electron chi connectivity index (χ2n) is 0.794. The second kappa shape index (κ2) is 23.4. The first-order valence-corrected chi connectivity index (χ1v) is 2.56. The number of rotatable bonds is 1. The minimum atomic E-state index is -1.23. The van der Waals surface area contributed by atoms with E-state index in [1.54, 1.807) is 6.92 Å². The predicted molar refractivity (Wildman–Crippen MR) is 38.2 cm³/mol. The lowest BCUT2D eigenvalue weighted by atomic mass is 10.8. The van der Waals surface area contributed by atoms with Crippen molar-refractivity contribution in [1.29, 1.82) is 0 Å². The van der Waals surface area contributed by atoms with Crippen molar-refractivity contribution < 1.29 is 15.0 Å². The lowest BCUT2D eigenvalue weighted by Gasteiger charge is -1.85. The smallest absolute Gasteiger partial charge is 0.0620 e. The molecule has 0 spiro atoms. The molecule has 8 N–H and O–H groups in total. The van der Waals surface area contributed by atoms with Gasteiger partial charge in [-0.15, -0.1) is 18.2 Å². The third kappa shape index (κ3) is 125. The summed E-state index contributed by atoms with van der Waals surface area (Å²) < 4.78 is 0. The number of hydrogen-bond acceptors (Lipinski definition) is 3. The van der Waals surface area contributed by atoms with E-state index in [1.165, 1.54) is 0 Å². The Balaban J connectivity index is -0.0000000326. The van der Waals surface area contributed by atoms with Crippen LogP contribution in [0, 0.1) is 0 Å². The van der Waals surface area contributed by atoms with Crippen molar-refractivity contribution in [2.75, 3.05) is 12.5 Å². The van der Waals surface area contributed by atoms with E-state index in [0.29, 0.717) is 0 Å². The lowest BCUT2D eigenvalue weighted by molar-refractivity contribution is -0.361. The second-order valence-corrected chi connectivity index (χ2v) is 1.06. The molecule has 6 heteroatoms. The Morgan fingerprint density at radius 2 is 1.60 bits per heavy atom. The first-order valence-electron chi connectivity index (χ1n) is 2.02. The first kappa shape index (κ1) is 22.6. The van der Waals surface area contributed by atoms with Crippen LogP contribution < -0.4 is 22.5 Å². The molecule has 0 rings (SSSR count). The maximum atomic E-state index is 9.12. The Bertz CT molecular complexity index is 62.5. The molecule has 0 aliphatic heterocycles. The normalized spacial score (nSPS) is 5.50. The highest BCUT2D eigenvalue weighted by Crippen LogP contribution is 1.63. The number of alkyl halides is 1. The van der Waals surface area contributed by atoms with E-state index < -0.39 is 11.8 Å². The summed E-state index contributed by atoms with van der Waals surface area (Å²) in [7, 11) is 0. The quantitative estimate of drug-likeness (QED) is 0.498. The van der Waals surface area contributed by atoms with Crippen LogP contribution in [0.15, 0.2) is 0 Å². The van der Waals surface area contributed by atoms with Crippen molar-refractivity contribution in [1.82, 2.24) is 12.3 Å². The third-order valence-electron chi connectivity index (χ3n) is 0.109. The van der Waals surface area contributed by atoms with Crippen LogP contribution in [0.2, 0.25) is 0 Å². The average Bonchev–Trinajstić information content (AvgIpc) is 1.69. The molecule has 0 fully saturated rings. The molecule has 66 valence electrons. The molecular weight excluding hydrogens is 160 g/mol. The number of halogens is 1. The van der Waals surface area contributed by atoms with Crippen molar-refractivity contribution in [3.63, 3.8) is 0 Å². The fourth-order valence-corrected chi connectivity index (χ4v) is 0. The summed E-state index contributed by atoms with van der Waals surface area (Å²) in [4.78, 5) is 9.12. The Labute approximate surface area is 65.2 Å². The highest BCUT2D eigenvalue weighted by atomic mass is 35.5. The van der Waals surface area contributed by atoms with Gasteiger partial charge < -0.3 is 27.3 Å². The van der Waals surface area contributed by atoms with E-state index in [9.17, 15) is 0 Å². The molecule has 10 heavy (non-hydrogen) atoms. The molecule has 0 aliphatic rings. The molecule has 0 bridgehead atoms. The van der Waals surface area contributed by atoms with Crippen molar-refractivity contribution >= 4 is 17.6 Å². The summed E-state index contributed by atoms with van der Waals surface area (Å²) in [5, 5.41) is 18.1. The van der Waals surface area contributed by atoms with Gasteiger partial charge >= 0.3 is 0 Å². The van der Waals surface area contributed by atoms with E-state index in [-0.39, 0.29) is 18.9 Å². The van der Waals surface area contributed by atoms with Crippen molar-refractivity contribution in [2.24, 2.45) is 0 Å². The van der Waals surface area contributed by atoms with Crippen LogP contribution >= 0.6 is 11.6 Å². The van der Waals surface area contributed by atoms with Crippen molar-refractivity contribution in [3.8, 4) is 0 Å². The Kier molecular flexibility index (Phi) is 53.0. The highest BCUT2D eigenvalue weighted by Gasteiger charge is 1.68. The molecule has 0 aromatic carbocycles. The van der Waals surface area contributed by atoms with Crippen LogP contribution in [0.3, 0.4) is 0 Å². The summed E-state index contributed by atoms with van der Waals surface area (Å²) >= 11 is 4.67. The van der Waals surface area contributed by atoms with Crippen molar-refractivity contribution in [3.05, 3.63) is 0 Å². The van der Waals surface area contributed by atoms with Crippen LogP contribution in [0.25, 0.3) is 0 Å². The van der Waals surface area contributed by atoms with Gasteiger partial charge in [0.25, 0.3) is 0 Å². The van der Waals surface area contributed by atoms with Gasteiger partial charge in [0, 0.05) is 0 Å². The van der Waals surface area contributed by atoms with Gasteiger partial charge in [0.05, 0.1) is 11.8 Å². The maximum absolute atomic E-state index is 9.12. The molecule has 0 unspecified atom stereocenters. The number of aliphatic carboxylic acids is 1. The van der Waals surface area contributed by atoms with E-state index >= 15 is 0 Å². The maximum Gasteiger partial charge on any atom is 0.0620 e. The van der Waals surface area contributed by atoms with Gasteiger partial charge in [-0.2, -0.15) is 0 Å². The molecule has 0 atom stereocenters. The zero-order chi connectivity index (χ0) is 6.99. The molecule has 0 heterocycles. The van der Waals surface area contributed by atoms with Crippen LogP contribution in [-0.4, -0.2) is 18.5 Å². The monoisotopic (exact) mass is 174 g/mol. The van der Waals surface area contributed by atoms with Gasteiger partial charge in [-0.3, -0.25) is 0 Å². The Morgan fingerprint density at radius 3 is 1.60 bits per heavy atom. The average molecular weight is 175 g/mol. The fourth-order valence-electron chi connectivity index (χ4n) is 0. The molecule has 0 aromatic rings. The minimum Gasteiger partial charge on any atom is -0.855 e. The molecule has 0 saturated heterocycles. The number of carboxylic acids is 1. The molecular formula is C4H15ClN2O3. The summed E-state index contributed by atoms with van der Waals surface area (Å²) in [6.07, 6.45) is 0. The number of hydrogen-bond donors (Lipinski definition) is 2. The van der Waals surface area contributed by atoms with E-state index in [0.717, 1.165) is 0 Å². The van der Waals surface area contributed by atoms with Gasteiger partial charge in [0.15, 0.2) is 0 Å². The standard InChI is InChI=1S/C2H3ClO2.C2H5O.2H3N/c3-1-2(4)5;1-2-3;;/h1H2,(H,4,5);2H2,1H3;2*1H3/q;-1;;/p+1. The minimum absolute atomic E-state index is 0. The van der Waals surface area contributed by atoms with E-state index in [2.05, 4.69) is 11.6 Å². The summed E-state index contributed by atoms with van der Waals surface area (Å²) in [6, 6.07) is 0. The highest BCUT2D eigenvalue weighted by molar-refractivity contribution is 6.25. The predicted octanol–water partition coefficient (Wildman–Crippen LogP) is -0.906. The summed E-state index contributed by atoms with van der Waals surface area (Å²) in [5.41, 5.74) is 0. The summed E-state index contributed by atoms with van der Waals surface area (Å²) in [5.74, 6) is -1.65. The number of carbonyl (C=O) groups is 1. The van der Waals surface area contributed by atoms with Gasteiger partial charge in [-0.1, -0.05) is 6.92 Å². The van der Waals surface area contributed by atoms with Crippen LogP contribution in [0.5, 0.6) is 0 Å². The van der Waals surface area contributed by atoms with E-state index in [4.69, 9.17) is 15.0 Å². The van der Waals surface area contributed by atoms with Gasteiger partial charge in [-0.05, 0) is 0 Å². The largest absolute Gasteiger partial charge is 0.855 e. The third-order valence-corrected chi connectivity index (χ3v) is 0.327. The molecule has 0 radical (unpaired) electrons. The SMILES string of the molecule is CC[O-].O=C([O-])CCl.[NH4+].[NH4+]. The summed E-state index contributed by atoms with van der Waals surface area (Å²) in [6.45, 7) is 1.57. The zero-order valence-electron chi connectivity index (χ0n) is 6.52. The van der Waals surface area contributed by atoms with Crippen LogP contribution in [0.1, 0.15) is 6.92 Å².